The van der Waals surface area contributed by atoms with Crippen LogP contribution in [0.5, 0.6) is 0 Å². The highest BCUT2D eigenvalue weighted by molar-refractivity contribution is 6.19. The SMILES string of the molecule is CC1CN=CC1CCl. The fourth-order valence-corrected chi connectivity index (χ4v) is 1.22. The normalized spacial score (nSPS) is 36.2. The van der Waals surface area contributed by atoms with Gasteiger partial charge in [-0.25, -0.2) is 0 Å². The zero-order chi connectivity index (χ0) is 5.98. The summed E-state index contributed by atoms with van der Waals surface area (Å²) in [5, 5.41) is 0. The first kappa shape index (κ1) is 6.09. The minimum absolute atomic E-state index is 0.539. The van der Waals surface area contributed by atoms with Crippen LogP contribution in [0, 0.1) is 11.8 Å². The molecule has 2 unspecified atom stereocenters. The number of aliphatic imine (C=N–C) groups is 1. The molecule has 0 bridgehead atoms. The first-order chi connectivity index (χ1) is 3.84. The van der Waals surface area contributed by atoms with Gasteiger partial charge in [0.25, 0.3) is 0 Å². The lowest BCUT2D eigenvalue weighted by Gasteiger charge is -2.06. The van der Waals surface area contributed by atoms with Crippen molar-refractivity contribution in [3.05, 3.63) is 0 Å². The summed E-state index contributed by atoms with van der Waals surface area (Å²) in [6.07, 6.45) is 1.97. The van der Waals surface area contributed by atoms with Crippen LogP contribution >= 0.6 is 11.6 Å². The molecule has 2 atom stereocenters. The van der Waals surface area contributed by atoms with Crippen LogP contribution in [0.3, 0.4) is 0 Å². The fourth-order valence-electron chi connectivity index (χ4n) is 0.837. The maximum absolute atomic E-state index is 5.61. The first-order valence-corrected chi connectivity index (χ1v) is 3.44. The standard InChI is InChI=1S/C6H10ClN/c1-5-3-8-4-6(5)2-7/h4-6H,2-3H2,1H3. The number of hydrogen-bond acceptors (Lipinski definition) is 1. The molecule has 0 fully saturated rings. The summed E-state index contributed by atoms with van der Waals surface area (Å²) < 4.78 is 0. The molecule has 0 aliphatic carbocycles. The summed E-state index contributed by atoms with van der Waals surface area (Å²) in [5.74, 6) is 1.94. The summed E-state index contributed by atoms with van der Waals surface area (Å²) in [5.41, 5.74) is 0. The van der Waals surface area contributed by atoms with Crippen LogP contribution < -0.4 is 0 Å². The molecule has 0 aromatic carbocycles. The van der Waals surface area contributed by atoms with Gasteiger partial charge in [-0.15, -0.1) is 11.6 Å². The third-order valence-corrected chi connectivity index (χ3v) is 1.96. The van der Waals surface area contributed by atoms with E-state index in [-0.39, 0.29) is 0 Å². The second-order valence-corrected chi connectivity index (χ2v) is 2.62. The third-order valence-electron chi connectivity index (χ3n) is 1.60. The number of halogens is 1. The lowest BCUT2D eigenvalue weighted by atomic mass is 10.0. The lowest BCUT2D eigenvalue weighted by Crippen LogP contribution is -2.10. The predicted molar refractivity (Wildman–Crippen MR) is 36.7 cm³/mol. The molecule has 0 saturated heterocycles. The molecule has 46 valence electrons. The van der Waals surface area contributed by atoms with Crippen LogP contribution in [0.15, 0.2) is 4.99 Å². The highest BCUT2D eigenvalue weighted by Crippen LogP contribution is 2.16. The van der Waals surface area contributed by atoms with Crippen LogP contribution in [-0.2, 0) is 0 Å². The summed E-state index contributed by atoms with van der Waals surface area (Å²) in [6, 6.07) is 0. The van der Waals surface area contributed by atoms with E-state index in [2.05, 4.69) is 11.9 Å². The van der Waals surface area contributed by atoms with Crippen molar-refractivity contribution in [2.45, 2.75) is 6.92 Å². The van der Waals surface area contributed by atoms with Crippen LogP contribution in [0.1, 0.15) is 6.92 Å². The molecule has 0 amide bonds. The van der Waals surface area contributed by atoms with Gasteiger partial charge in [-0.1, -0.05) is 6.92 Å². The minimum Gasteiger partial charge on any atom is -0.297 e. The maximum Gasteiger partial charge on any atom is 0.0417 e. The van der Waals surface area contributed by atoms with Gasteiger partial charge in [0.05, 0.1) is 0 Å². The molecule has 1 aliphatic rings. The van der Waals surface area contributed by atoms with Crippen molar-refractivity contribution in [2.24, 2.45) is 16.8 Å². The Morgan fingerprint density at radius 3 is 2.88 bits per heavy atom. The van der Waals surface area contributed by atoms with E-state index in [1.165, 1.54) is 0 Å². The molecule has 1 heterocycles. The van der Waals surface area contributed by atoms with Crippen LogP contribution in [-0.4, -0.2) is 18.6 Å². The molecular weight excluding hydrogens is 122 g/mol. The Morgan fingerprint density at radius 1 is 1.88 bits per heavy atom. The van der Waals surface area contributed by atoms with Gasteiger partial charge in [0.15, 0.2) is 0 Å². The lowest BCUT2D eigenvalue weighted by molar-refractivity contribution is 0.542. The topological polar surface area (TPSA) is 12.4 Å². The molecular formula is C6H10ClN. The van der Waals surface area contributed by atoms with E-state index in [0.29, 0.717) is 11.8 Å². The Labute approximate surface area is 54.8 Å². The number of alkyl halides is 1. The van der Waals surface area contributed by atoms with E-state index in [9.17, 15) is 0 Å². The molecule has 2 heteroatoms. The van der Waals surface area contributed by atoms with Gasteiger partial charge in [-0.2, -0.15) is 0 Å². The Kier molecular flexibility index (Phi) is 1.90. The number of nitrogens with zero attached hydrogens (tertiary/aromatic N) is 1. The van der Waals surface area contributed by atoms with Crippen molar-refractivity contribution in [3.63, 3.8) is 0 Å². The Hall–Kier alpha value is -0.0400. The third kappa shape index (κ3) is 1.03. The Bertz CT molecular complexity index is 101. The molecule has 8 heavy (non-hydrogen) atoms. The van der Waals surface area contributed by atoms with Crippen LogP contribution in [0.25, 0.3) is 0 Å². The molecule has 0 N–H and O–H groups in total. The average Bonchev–Trinajstić information content (AvgIpc) is 2.14. The zero-order valence-corrected chi connectivity index (χ0v) is 5.73. The monoisotopic (exact) mass is 131 g/mol. The molecule has 1 nitrogen and oxygen atoms in total. The summed E-state index contributed by atoms with van der Waals surface area (Å²) in [4.78, 5) is 4.11. The zero-order valence-electron chi connectivity index (χ0n) is 4.97. The van der Waals surface area contributed by atoms with Crippen molar-refractivity contribution in [2.75, 3.05) is 12.4 Å². The van der Waals surface area contributed by atoms with E-state index >= 15 is 0 Å². The van der Waals surface area contributed by atoms with Crippen molar-refractivity contribution < 1.29 is 0 Å². The first-order valence-electron chi connectivity index (χ1n) is 2.90. The predicted octanol–water partition coefficient (Wildman–Crippen LogP) is 1.56. The van der Waals surface area contributed by atoms with Crippen molar-refractivity contribution in [1.82, 2.24) is 0 Å². The van der Waals surface area contributed by atoms with Gasteiger partial charge in [0.2, 0.25) is 0 Å². The highest BCUT2D eigenvalue weighted by atomic mass is 35.5. The molecule has 0 radical (unpaired) electrons. The van der Waals surface area contributed by atoms with Gasteiger partial charge in [0.1, 0.15) is 0 Å². The van der Waals surface area contributed by atoms with Gasteiger partial charge >= 0.3 is 0 Å². The Balaban J connectivity index is 2.41. The molecule has 0 aromatic rings. The molecule has 0 spiro atoms. The summed E-state index contributed by atoms with van der Waals surface area (Å²) >= 11 is 5.61. The molecule has 0 aromatic heterocycles. The van der Waals surface area contributed by atoms with Crippen LogP contribution in [0.2, 0.25) is 0 Å². The largest absolute Gasteiger partial charge is 0.297 e. The highest BCUT2D eigenvalue weighted by Gasteiger charge is 2.17. The fraction of sp³-hybridized carbons (Fsp3) is 0.833. The average molecular weight is 132 g/mol. The van der Waals surface area contributed by atoms with Crippen molar-refractivity contribution in [1.29, 1.82) is 0 Å². The van der Waals surface area contributed by atoms with Gasteiger partial charge in [-0.05, 0) is 5.92 Å². The van der Waals surface area contributed by atoms with E-state index in [4.69, 9.17) is 11.6 Å². The maximum atomic E-state index is 5.61. The van der Waals surface area contributed by atoms with E-state index < -0.39 is 0 Å². The molecule has 0 saturated carbocycles. The van der Waals surface area contributed by atoms with E-state index in [1.807, 2.05) is 6.21 Å². The second-order valence-electron chi connectivity index (χ2n) is 2.31. The molecule has 1 aliphatic heterocycles. The molecule has 1 rings (SSSR count). The summed E-state index contributed by atoms with van der Waals surface area (Å²) in [7, 11) is 0. The number of hydrogen-bond donors (Lipinski definition) is 0. The van der Waals surface area contributed by atoms with E-state index in [1.54, 1.807) is 0 Å². The van der Waals surface area contributed by atoms with Gasteiger partial charge < -0.3 is 0 Å². The second kappa shape index (κ2) is 2.49. The smallest absolute Gasteiger partial charge is 0.0417 e. The quantitative estimate of drug-likeness (QED) is 0.479. The van der Waals surface area contributed by atoms with Crippen LogP contribution in [0.4, 0.5) is 0 Å². The Morgan fingerprint density at radius 2 is 2.62 bits per heavy atom. The van der Waals surface area contributed by atoms with Gasteiger partial charge in [-0.3, -0.25) is 4.99 Å². The number of rotatable bonds is 1. The minimum atomic E-state index is 0.539. The van der Waals surface area contributed by atoms with Crippen molar-refractivity contribution >= 4 is 17.8 Å². The summed E-state index contributed by atoms with van der Waals surface area (Å²) in [6.45, 7) is 3.15. The van der Waals surface area contributed by atoms with E-state index in [0.717, 1.165) is 12.4 Å². The van der Waals surface area contributed by atoms with Gasteiger partial charge in [0, 0.05) is 24.6 Å². The van der Waals surface area contributed by atoms with Crippen molar-refractivity contribution in [3.8, 4) is 0 Å².